The van der Waals surface area contributed by atoms with Gasteiger partial charge in [0.25, 0.3) is 0 Å². The van der Waals surface area contributed by atoms with Gasteiger partial charge in [0.1, 0.15) is 23.1 Å². The number of aryl methyl sites for hydroxylation is 3. The summed E-state index contributed by atoms with van der Waals surface area (Å²) in [4.78, 5) is 3.41. The molecule has 0 amide bonds. The topological polar surface area (TPSA) is 12.4 Å². The first kappa shape index (κ1) is 22.7. The van der Waals surface area contributed by atoms with Crippen molar-refractivity contribution in [3.05, 3.63) is 76.6 Å². The van der Waals surface area contributed by atoms with Crippen LogP contribution in [0.25, 0.3) is 22.3 Å². The maximum absolute atomic E-state index is 14.4. The first-order chi connectivity index (χ1) is 12.8. The van der Waals surface area contributed by atoms with Gasteiger partial charge >= 0.3 is 0 Å². The Morgan fingerprint density at radius 1 is 0.857 bits per heavy atom. The van der Waals surface area contributed by atoms with Gasteiger partial charge in [-0.3, -0.25) is 0 Å². The van der Waals surface area contributed by atoms with Gasteiger partial charge in [0.15, 0.2) is 0 Å². The van der Waals surface area contributed by atoms with E-state index in [1.54, 1.807) is 19.1 Å². The van der Waals surface area contributed by atoms with Gasteiger partial charge in [-0.15, -0.1) is 29.3 Å². The van der Waals surface area contributed by atoms with E-state index in [-0.39, 0.29) is 41.4 Å². The van der Waals surface area contributed by atoms with Crippen LogP contribution in [0.4, 0.5) is 18.9 Å². The SMILES string of the molecule is Cc1cc(C)c(-c2c[c-]c(-c3cc(F)c(N=C=S)c(F)c3)c(C)c2)c(F)c1.[La]. The van der Waals surface area contributed by atoms with Crippen LogP contribution in [-0.4, -0.2) is 5.16 Å². The van der Waals surface area contributed by atoms with Crippen LogP contribution < -0.4 is 0 Å². The molecule has 0 heterocycles. The first-order valence-electron chi connectivity index (χ1n) is 8.18. The van der Waals surface area contributed by atoms with Gasteiger partial charge in [-0.25, -0.2) is 13.2 Å². The summed E-state index contributed by atoms with van der Waals surface area (Å²) >= 11 is 4.40. The molecule has 0 saturated carbocycles. The molecule has 0 aromatic heterocycles. The second-order valence-electron chi connectivity index (χ2n) is 6.38. The van der Waals surface area contributed by atoms with Crippen LogP contribution in [0.2, 0.25) is 0 Å². The summed E-state index contributed by atoms with van der Waals surface area (Å²) in [6.07, 6.45) is 0. The molecule has 0 aliphatic heterocycles. The average Bonchev–Trinajstić information content (AvgIpc) is 2.57. The van der Waals surface area contributed by atoms with Gasteiger partial charge in [0.05, 0.1) is 5.16 Å². The quantitative estimate of drug-likeness (QED) is 0.208. The summed E-state index contributed by atoms with van der Waals surface area (Å²) < 4.78 is 42.7. The van der Waals surface area contributed by atoms with Crippen molar-refractivity contribution in [2.24, 2.45) is 4.99 Å². The second kappa shape index (κ2) is 9.29. The maximum Gasteiger partial charge on any atom is 0.144 e. The number of hydrogen-bond acceptors (Lipinski definition) is 2. The standard InChI is InChI=1S/C22H15F3NS.La/c1-12-6-14(3)21(18(23)7-12)15-4-5-17(13(2)8-15)16-9-19(24)22(26-11-27)20(25)10-16;/h4,6-10H,1-3H3;/q-1;. The fraction of sp³-hybridized carbons (Fsp3) is 0.136. The van der Waals surface area contributed by atoms with Crippen LogP contribution in [0, 0.1) is 79.9 Å². The number of nitrogens with zero attached hydrogens (tertiary/aromatic N) is 1. The number of isothiocyanates is 1. The summed E-state index contributed by atoms with van der Waals surface area (Å²) in [6, 6.07) is 12.2. The molecule has 0 aliphatic carbocycles. The number of aliphatic imine (C=N–C) groups is 1. The van der Waals surface area contributed by atoms with Crippen molar-refractivity contribution in [1.82, 2.24) is 0 Å². The maximum atomic E-state index is 14.4. The molecule has 6 heteroatoms. The van der Waals surface area contributed by atoms with Crippen molar-refractivity contribution in [3.8, 4) is 22.3 Å². The smallest absolute Gasteiger partial charge is 0.144 e. The fourth-order valence-electron chi connectivity index (χ4n) is 3.21. The molecule has 0 aliphatic rings. The van der Waals surface area contributed by atoms with E-state index in [1.165, 1.54) is 18.2 Å². The third-order valence-corrected chi connectivity index (χ3v) is 4.41. The Morgan fingerprint density at radius 3 is 2.04 bits per heavy atom. The first-order valence-corrected chi connectivity index (χ1v) is 8.59. The Bertz CT molecular complexity index is 1060. The van der Waals surface area contributed by atoms with Crippen LogP contribution in [-0.2, 0) is 0 Å². The Kier molecular flexibility index (Phi) is 7.55. The van der Waals surface area contributed by atoms with Crippen molar-refractivity contribution in [2.75, 3.05) is 0 Å². The molecule has 0 spiro atoms. The molecule has 0 N–H and O–H groups in total. The van der Waals surface area contributed by atoms with Crippen molar-refractivity contribution in [2.45, 2.75) is 20.8 Å². The molecule has 1 radical (unpaired) electrons. The van der Waals surface area contributed by atoms with Gasteiger partial charge in [-0.2, -0.15) is 4.99 Å². The number of thiocarbonyl (C=S) groups is 1. The van der Waals surface area contributed by atoms with E-state index in [9.17, 15) is 13.2 Å². The minimum Gasteiger partial charge on any atom is -0.207 e. The molecular weight excluding hydrogens is 506 g/mol. The molecule has 0 bridgehead atoms. The van der Waals surface area contributed by atoms with Crippen LogP contribution in [0.5, 0.6) is 0 Å². The van der Waals surface area contributed by atoms with Gasteiger partial charge in [-0.05, 0) is 48.8 Å². The van der Waals surface area contributed by atoms with E-state index in [1.807, 2.05) is 25.1 Å². The second-order valence-corrected chi connectivity index (χ2v) is 6.56. The van der Waals surface area contributed by atoms with Crippen molar-refractivity contribution >= 4 is 23.1 Å². The van der Waals surface area contributed by atoms with Crippen molar-refractivity contribution in [1.29, 1.82) is 0 Å². The predicted octanol–water partition coefficient (Wildman–Crippen LogP) is 6.90. The minimum absolute atomic E-state index is 0. The molecule has 28 heavy (non-hydrogen) atoms. The van der Waals surface area contributed by atoms with Gasteiger partial charge < -0.3 is 0 Å². The Balaban J connectivity index is 0.00000280. The predicted molar refractivity (Wildman–Crippen MR) is 105 cm³/mol. The van der Waals surface area contributed by atoms with E-state index in [0.29, 0.717) is 22.3 Å². The molecule has 3 rings (SSSR count). The Hall–Kier alpha value is -1.56. The molecular formula is C22H15F3LaNS-. The van der Waals surface area contributed by atoms with Gasteiger partial charge in [0, 0.05) is 35.6 Å². The number of halogens is 3. The summed E-state index contributed by atoms with van der Waals surface area (Å²) in [5.41, 5.74) is 3.91. The van der Waals surface area contributed by atoms with E-state index >= 15 is 0 Å². The van der Waals surface area contributed by atoms with Gasteiger partial charge in [0.2, 0.25) is 0 Å². The third kappa shape index (κ3) is 4.53. The summed E-state index contributed by atoms with van der Waals surface area (Å²) in [5.74, 6) is -1.98. The molecule has 3 aromatic carbocycles. The van der Waals surface area contributed by atoms with Crippen LogP contribution in [0.15, 0.2) is 41.4 Å². The molecule has 0 unspecified atom stereocenters. The van der Waals surface area contributed by atoms with Gasteiger partial charge in [-0.1, -0.05) is 36.2 Å². The zero-order valence-corrected chi connectivity index (χ0v) is 20.0. The Morgan fingerprint density at radius 2 is 1.50 bits per heavy atom. The molecule has 0 atom stereocenters. The molecule has 139 valence electrons. The molecule has 0 fully saturated rings. The summed E-state index contributed by atoms with van der Waals surface area (Å²) in [6.45, 7) is 5.46. The van der Waals surface area contributed by atoms with E-state index in [2.05, 4.69) is 23.3 Å². The third-order valence-electron chi connectivity index (χ3n) is 4.32. The normalized spacial score (nSPS) is 10.2. The number of rotatable bonds is 3. The van der Waals surface area contributed by atoms with Crippen molar-refractivity contribution in [3.63, 3.8) is 0 Å². The van der Waals surface area contributed by atoms with Crippen LogP contribution >= 0.6 is 12.2 Å². The van der Waals surface area contributed by atoms with E-state index in [4.69, 9.17) is 0 Å². The summed E-state index contributed by atoms with van der Waals surface area (Å²) in [7, 11) is 0. The largest absolute Gasteiger partial charge is 0.207 e. The monoisotopic (exact) mass is 521 g/mol. The Labute approximate surface area is 195 Å². The van der Waals surface area contributed by atoms with Crippen LogP contribution in [0.3, 0.4) is 0 Å². The van der Waals surface area contributed by atoms with E-state index < -0.39 is 17.3 Å². The van der Waals surface area contributed by atoms with Crippen LogP contribution in [0.1, 0.15) is 16.7 Å². The number of benzene rings is 3. The van der Waals surface area contributed by atoms with Crippen molar-refractivity contribution < 1.29 is 48.8 Å². The summed E-state index contributed by atoms with van der Waals surface area (Å²) in [5, 5.41) is 1.96. The molecule has 0 saturated heterocycles. The van der Waals surface area contributed by atoms with E-state index in [0.717, 1.165) is 16.7 Å². The number of hydrogen-bond donors (Lipinski definition) is 0. The zero-order chi connectivity index (χ0) is 19.7. The fourth-order valence-corrected chi connectivity index (χ4v) is 3.30. The molecule has 3 aromatic rings. The minimum atomic E-state index is -0.834. The molecule has 1 nitrogen and oxygen atoms in total. The zero-order valence-electron chi connectivity index (χ0n) is 15.5. The average molecular weight is 521 g/mol.